The van der Waals surface area contributed by atoms with Crippen molar-refractivity contribution in [2.75, 3.05) is 6.66 Å². The molecule has 0 radical (unpaired) electrons. The molecule has 1 rings (SSSR count). The zero-order valence-corrected chi connectivity index (χ0v) is 6.46. The molecule has 1 atom stereocenters. The van der Waals surface area contributed by atoms with Crippen LogP contribution in [0.1, 0.15) is 5.56 Å². The standard InChI is InChI=1S/C7H10NP/c1-9-6-7-3-2-4-8-5-7/h2-5,9H,6H2,1H3. The van der Waals surface area contributed by atoms with Crippen molar-refractivity contribution < 1.29 is 0 Å². The highest BCUT2D eigenvalue weighted by molar-refractivity contribution is 7.36. The van der Waals surface area contributed by atoms with Crippen LogP contribution in [0.2, 0.25) is 0 Å². The summed E-state index contributed by atoms with van der Waals surface area (Å²) in [6, 6.07) is 4.10. The quantitative estimate of drug-likeness (QED) is 0.570. The fourth-order valence-electron chi connectivity index (χ4n) is 0.707. The van der Waals surface area contributed by atoms with Crippen LogP contribution >= 0.6 is 8.58 Å². The molecule has 0 aromatic carbocycles. The minimum absolute atomic E-state index is 0.995. The molecule has 0 saturated heterocycles. The van der Waals surface area contributed by atoms with Gasteiger partial charge >= 0.3 is 0 Å². The molecular formula is C7H10NP. The van der Waals surface area contributed by atoms with Crippen molar-refractivity contribution in [1.29, 1.82) is 0 Å². The maximum absolute atomic E-state index is 4.01. The number of nitrogens with zero attached hydrogens (tertiary/aromatic N) is 1. The van der Waals surface area contributed by atoms with Crippen LogP contribution in [-0.4, -0.2) is 11.6 Å². The average molecular weight is 139 g/mol. The Balaban J connectivity index is 2.61. The Morgan fingerprint density at radius 1 is 1.67 bits per heavy atom. The van der Waals surface area contributed by atoms with E-state index in [1.54, 1.807) is 0 Å². The number of hydrogen-bond acceptors (Lipinski definition) is 1. The van der Waals surface area contributed by atoms with E-state index in [9.17, 15) is 0 Å². The predicted molar refractivity (Wildman–Crippen MR) is 42.2 cm³/mol. The third kappa shape index (κ3) is 2.11. The predicted octanol–water partition coefficient (Wildman–Crippen LogP) is 1.89. The summed E-state index contributed by atoms with van der Waals surface area (Å²) >= 11 is 0. The summed E-state index contributed by atoms with van der Waals surface area (Å²) in [6.07, 6.45) is 4.91. The Kier molecular flexibility index (Phi) is 2.66. The smallest absolute Gasteiger partial charge is 0.0303 e. The van der Waals surface area contributed by atoms with E-state index in [4.69, 9.17) is 0 Å². The van der Waals surface area contributed by atoms with Crippen molar-refractivity contribution in [2.24, 2.45) is 0 Å². The number of hydrogen-bond donors (Lipinski definition) is 0. The van der Waals surface area contributed by atoms with E-state index in [0.29, 0.717) is 0 Å². The van der Waals surface area contributed by atoms with E-state index in [1.807, 2.05) is 18.5 Å². The van der Waals surface area contributed by atoms with Gasteiger partial charge in [0.2, 0.25) is 0 Å². The molecule has 0 aliphatic carbocycles. The van der Waals surface area contributed by atoms with E-state index in [2.05, 4.69) is 17.7 Å². The summed E-state index contributed by atoms with van der Waals surface area (Å²) in [4.78, 5) is 4.01. The highest BCUT2D eigenvalue weighted by Crippen LogP contribution is 2.11. The van der Waals surface area contributed by atoms with Gasteiger partial charge in [-0.15, -0.1) is 8.58 Å². The molecule has 1 aromatic heterocycles. The Bertz CT molecular complexity index is 162. The minimum Gasteiger partial charge on any atom is -0.264 e. The second-order valence-electron chi connectivity index (χ2n) is 1.89. The van der Waals surface area contributed by atoms with Crippen molar-refractivity contribution in [3.8, 4) is 0 Å². The number of pyridine rings is 1. The van der Waals surface area contributed by atoms with Crippen molar-refractivity contribution in [3.05, 3.63) is 30.1 Å². The lowest BCUT2D eigenvalue weighted by atomic mass is 10.3. The van der Waals surface area contributed by atoms with Gasteiger partial charge in [-0.2, -0.15) is 0 Å². The monoisotopic (exact) mass is 139 g/mol. The highest BCUT2D eigenvalue weighted by atomic mass is 31.1. The number of rotatable bonds is 2. The van der Waals surface area contributed by atoms with Crippen molar-refractivity contribution >= 4 is 8.58 Å². The lowest BCUT2D eigenvalue weighted by Gasteiger charge is -1.93. The van der Waals surface area contributed by atoms with Gasteiger partial charge in [0.15, 0.2) is 0 Å². The molecule has 0 N–H and O–H groups in total. The van der Waals surface area contributed by atoms with Gasteiger partial charge in [0, 0.05) is 12.4 Å². The zero-order valence-electron chi connectivity index (χ0n) is 5.46. The molecule has 1 aromatic rings. The fraction of sp³-hybridized carbons (Fsp3) is 0.286. The van der Waals surface area contributed by atoms with Gasteiger partial charge in [-0.3, -0.25) is 4.98 Å². The molecule has 1 nitrogen and oxygen atoms in total. The van der Waals surface area contributed by atoms with E-state index in [0.717, 1.165) is 8.58 Å². The molecule has 9 heavy (non-hydrogen) atoms. The summed E-state index contributed by atoms with van der Waals surface area (Å²) in [7, 11) is 0.995. The molecule has 0 bridgehead atoms. The summed E-state index contributed by atoms with van der Waals surface area (Å²) < 4.78 is 0. The van der Waals surface area contributed by atoms with Crippen molar-refractivity contribution in [1.82, 2.24) is 4.98 Å². The second kappa shape index (κ2) is 3.58. The van der Waals surface area contributed by atoms with Crippen LogP contribution in [0.25, 0.3) is 0 Å². The molecule has 0 fully saturated rings. The average Bonchev–Trinajstić information content (AvgIpc) is 1.91. The first-order valence-electron chi connectivity index (χ1n) is 2.97. The van der Waals surface area contributed by atoms with Gasteiger partial charge < -0.3 is 0 Å². The Hall–Kier alpha value is -0.420. The van der Waals surface area contributed by atoms with Gasteiger partial charge in [-0.25, -0.2) is 0 Å². The Morgan fingerprint density at radius 2 is 2.56 bits per heavy atom. The van der Waals surface area contributed by atoms with Gasteiger partial charge in [-0.1, -0.05) is 6.07 Å². The van der Waals surface area contributed by atoms with Crippen LogP contribution < -0.4 is 0 Å². The fourth-order valence-corrected chi connectivity index (χ4v) is 1.32. The lowest BCUT2D eigenvalue weighted by molar-refractivity contribution is 1.25. The van der Waals surface area contributed by atoms with Crippen molar-refractivity contribution in [3.63, 3.8) is 0 Å². The molecule has 1 unspecified atom stereocenters. The van der Waals surface area contributed by atoms with E-state index < -0.39 is 0 Å². The van der Waals surface area contributed by atoms with E-state index in [1.165, 1.54) is 11.7 Å². The number of aromatic nitrogens is 1. The summed E-state index contributed by atoms with van der Waals surface area (Å²) in [5.41, 5.74) is 1.35. The first-order chi connectivity index (χ1) is 4.43. The minimum atomic E-state index is 0.995. The van der Waals surface area contributed by atoms with Gasteiger partial charge in [0.05, 0.1) is 0 Å². The van der Waals surface area contributed by atoms with Crippen LogP contribution in [0.3, 0.4) is 0 Å². The second-order valence-corrected chi connectivity index (χ2v) is 2.95. The topological polar surface area (TPSA) is 12.9 Å². The maximum Gasteiger partial charge on any atom is 0.0303 e. The van der Waals surface area contributed by atoms with Crippen LogP contribution in [0.15, 0.2) is 24.5 Å². The molecule has 2 heteroatoms. The lowest BCUT2D eigenvalue weighted by Crippen LogP contribution is -1.77. The third-order valence-electron chi connectivity index (χ3n) is 1.10. The van der Waals surface area contributed by atoms with Crippen LogP contribution in [0, 0.1) is 0 Å². The first kappa shape index (κ1) is 6.70. The van der Waals surface area contributed by atoms with Crippen LogP contribution in [-0.2, 0) is 6.16 Å². The molecule has 0 aliphatic heterocycles. The Labute approximate surface area is 57.3 Å². The largest absolute Gasteiger partial charge is 0.264 e. The molecule has 0 amide bonds. The molecule has 0 aliphatic rings. The molecular weight excluding hydrogens is 129 g/mol. The van der Waals surface area contributed by atoms with E-state index in [-0.39, 0.29) is 0 Å². The third-order valence-corrected chi connectivity index (χ3v) is 1.87. The maximum atomic E-state index is 4.01. The van der Waals surface area contributed by atoms with Crippen LogP contribution in [0.5, 0.6) is 0 Å². The summed E-state index contributed by atoms with van der Waals surface area (Å²) in [5.74, 6) is 0. The van der Waals surface area contributed by atoms with Gasteiger partial charge in [-0.05, 0) is 24.5 Å². The SMILES string of the molecule is CPCc1cccnc1. The molecule has 0 saturated carbocycles. The van der Waals surface area contributed by atoms with E-state index >= 15 is 0 Å². The van der Waals surface area contributed by atoms with Gasteiger partial charge in [0.25, 0.3) is 0 Å². The molecule has 0 spiro atoms. The Morgan fingerprint density at radius 3 is 3.11 bits per heavy atom. The zero-order chi connectivity index (χ0) is 6.53. The molecule has 1 heterocycles. The molecule has 48 valence electrons. The normalized spacial score (nSPS) is 10.8. The summed E-state index contributed by atoms with van der Waals surface area (Å²) in [6.45, 7) is 2.20. The van der Waals surface area contributed by atoms with Gasteiger partial charge in [0.1, 0.15) is 0 Å². The first-order valence-corrected chi connectivity index (χ1v) is 4.67. The van der Waals surface area contributed by atoms with Crippen LogP contribution in [0.4, 0.5) is 0 Å². The summed E-state index contributed by atoms with van der Waals surface area (Å²) in [5, 5.41) is 0. The highest BCUT2D eigenvalue weighted by Gasteiger charge is 1.85. The van der Waals surface area contributed by atoms with Crippen molar-refractivity contribution in [2.45, 2.75) is 6.16 Å².